The molecule has 1 atom stereocenters. The minimum absolute atomic E-state index is 0.0358. The lowest BCUT2D eigenvalue weighted by Gasteiger charge is -2.40. The van der Waals surface area contributed by atoms with Crippen LogP contribution in [0.3, 0.4) is 0 Å². The number of carboxylic acid groups (broad SMARTS) is 1. The van der Waals surface area contributed by atoms with Crippen molar-refractivity contribution in [3.63, 3.8) is 0 Å². The predicted octanol–water partition coefficient (Wildman–Crippen LogP) is 3.42. The Morgan fingerprint density at radius 2 is 1.81 bits per heavy atom. The molecule has 7 nitrogen and oxygen atoms in total. The first-order chi connectivity index (χ1) is 14.9. The number of alkyl halides is 3. The Morgan fingerprint density at radius 1 is 1.16 bits per heavy atom. The van der Waals surface area contributed by atoms with E-state index in [1.54, 1.807) is 13.0 Å². The van der Waals surface area contributed by atoms with Crippen molar-refractivity contribution in [1.82, 2.24) is 4.31 Å². The number of hydrogen-bond acceptors (Lipinski definition) is 5. The molecule has 11 heteroatoms. The normalized spacial score (nSPS) is 17.9. The van der Waals surface area contributed by atoms with E-state index in [1.165, 1.54) is 40.7 Å². The van der Waals surface area contributed by atoms with Crippen molar-refractivity contribution in [2.75, 3.05) is 24.5 Å². The van der Waals surface area contributed by atoms with E-state index in [4.69, 9.17) is 5.11 Å². The third-order valence-electron chi connectivity index (χ3n) is 5.29. The molecule has 1 saturated heterocycles. The molecular formula is C21H23F3N2O5S. The van der Waals surface area contributed by atoms with Gasteiger partial charge in [0.15, 0.2) is 0 Å². The number of rotatable bonds is 6. The van der Waals surface area contributed by atoms with Crippen LogP contribution < -0.4 is 9.64 Å². The first-order valence-corrected chi connectivity index (χ1v) is 11.2. The van der Waals surface area contributed by atoms with Crippen LogP contribution in [0.2, 0.25) is 0 Å². The highest BCUT2D eigenvalue weighted by molar-refractivity contribution is 7.89. The van der Waals surface area contributed by atoms with Crippen molar-refractivity contribution < 1.29 is 36.2 Å². The van der Waals surface area contributed by atoms with Gasteiger partial charge >= 0.3 is 12.3 Å². The molecule has 0 aliphatic carbocycles. The van der Waals surface area contributed by atoms with Crippen molar-refractivity contribution in [3.05, 3.63) is 53.6 Å². The molecule has 174 valence electrons. The van der Waals surface area contributed by atoms with Gasteiger partial charge in [0.25, 0.3) is 0 Å². The number of nitrogens with zero attached hydrogens (tertiary/aromatic N) is 2. The van der Waals surface area contributed by atoms with Gasteiger partial charge in [0, 0.05) is 31.4 Å². The third kappa shape index (κ3) is 5.52. The fraction of sp³-hybridized carbons (Fsp3) is 0.381. The predicted molar refractivity (Wildman–Crippen MR) is 111 cm³/mol. The summed E-state index contributed by atoms with van der Waals surface area (Å²) in [6.45, 7) is 4.24. The lowest BCUT2D eigenvalue weighted by Crippen LogP contribution is -2.53. The highest BCUT2D eigenvalue weighted by Gasteiger charge is 2.33. The fourth-order valence-corrected chi connectivity index (χ4v) is 5.24. The van der Waals surface area contributed by atoms with E-state index in [1.807, 2.05) is 11.8 Å². The molecule has 2 aromatic carbocycles. The second-order valence-electron chi connectivity index (χ2n) is 7.61. The minimum Gasteiger partial charge on any atom is -0.481 e. The number of piperazine rings is 1. The Morgan fingerprint density at radius 3 is 2.38 bits per heavy atom. The van der Waals surface area contributed by atoms with Crippen LogP contribution >= 0.6 is 0 Å². The topological polar surface area (TPSA) is 87.2 Å². The Balaban J connectivity index is 1.74. The molecule has 1 fully saturated rings. The molecular weight excluding hydrogens is 449 g/mol. The van der Waals surface area contributed by atoms with Gasteiger partial charge in [-0.15, -0.1) is 13.2 Å². The average Bonchev–Trinajstić information content (AvgIpc) is 2.68. The summed E-state index contributed by atoms with van der Waals surface area (Å²) < 4.78 is 68.5. The van der Waals surface area contributed by atoms with Gasteiger partial charge in [-0.2, -0.15) is 4.31 Å². The van der Waals surface area contributed by atoms with E-state index in [-0.39, 0.29) is 36.2 Å². The van der Waals surface area contributed by atoms with Crippen molar-refractivity contribution in [2.24, 2.45) is 0 Å². The zero-order valence-corrected chi connectivity index (χ0v) is 18.3. The van der Waals surface area contributed by atoms with Gasteiger partial charge in [0.1, 0.15) is 5.75 Å². The molecule has 0 bridgehead atoms. The minimum atomic E-state index is -4.77. The molecule has 3 rings (SSSR count). The van der Waals surface area contributed by atoms with Gasteiger partial charge < -0.3 is 14.7 Å². The summed E-state index contributed by atoms with van der Waals surface area (Å²) in [4.78, 5) is 13.0. The second kappa shape index (κ2) is 8.99. The van der Waals surface area contributed by atoms with Crippen LogP contribution in [0.25, 0.3) is 0 Å². The summed E-state index contributed by atoms with van der Waals surface area (Å²) in [5.74, 6) is -1.37. The van der Waals surface area contributed by atoms with E-state index < -0.39 is 22.4 Å². The number of anilines is 1. The van der Waals surface area contributed by atoms with Crippen LogP contribution in [-0.2, 0) is 21.2 Å². The molecule has 0 amide bonds. The zero-order valence-electron chi connectivity index (χ0n) is 17.5. The van der Waals surface area contributed by atoms with Gasteiger partial charge in [-0.05, 0) is 61.4 Å². The molecule has 0 spiro atoms. The smallest absolute Gasteiger partial charge is 0.481 e. The van der Waals surface area contributed by atoms with E-state index in [0.717, 1.165) is 0 Å². The van der Waals surface area contributed by atoms with Crippen molar-refractivity contribution >= 4 is 21.7 Å². The van der Waals surface area contributed by atoms with E-state index in [9.17, 15) is 26.4 Å². The Kier molecular flexibility index (Phi) is 6.70. The number of aryl methyl sites for hydroxylation is 1. The lowest BCUT2D eigenvalue weighted by atomic mass is 10.1. The first kappa shape index (κ1) is 23.9. The van der Waals surface area contributed by atoms with Gasteiger partial charge in [-0.3, -0.25) is 4.79 Å². The van der Waals surface area contributed by atoms with Gasteiger partial charge in [0.05, 0.1) is 11.3 Å². The SMILES string of the molecule is Cc1ccc(S(=O)(=O)N2CCN(c3ccc(OC(F)(F)F)cc3)C(C)C2)cc1CC(=O)O. The number of benzene rings is 2. The molecule has 1 aliphatic rings. The molecule has 0 saturated carbocycles. The summed E-state index contributed by atoms with van der Waals surface area (Å²) in [5, 5.41) is 9.05. The van der Waals surface area contributed by atoms with Crippen LogP contribution in [-0.4, -0.2) is 55.8 Å². The second-order valence-corrected chi connectivity index (χ2v) is 9.54. The zero-order chi connectivity index (χ0) is 23.7. The van der Waals surface area contributed by atoms with Crippen molar-refractivity contribution in [3.8, 4) is 5.75 Å². The highest BCUT2D eigenvalue weighted by Crippen LogP contribution is 2.29. The van der Waals surface area contributed by atoms with E-state index >= 15 is 0 Å². The highest BCUT2D eigenvalue weighted by atomic mass is 32.2. The largest absolute Gasteiger partial charge is 0.573 e. The molecule has 1 aliphatic heterocycles. The number of aliphatic carboxylic acids is 1. The standard InChI is InChI=1S/C21H23F3N2O5S/c1-14-3-8-19(11-16(14)12-20(27)28)32(29,30)25-9-10-26(15(2)13-25)17-4-6-18(7-5-17)31-21(22,23)24/h3-8,11,15H,9-10,12-13H2,1-2H3,(H,27,28). The van der Waals surface area contributed by atoms with Crippen LogP contribution in [0.15, 0.2) is 47.4 Å². The number of halogens is 3. The molecule has 32 heavy (non-hydrogen) atoms. The molecule has 0 aromatic heterocycles. The van der Waals surface area contributed by atoms with Gasteiger partial charge in [0.2, 0.25) is 10.0 Å². The van der Waals surface area contributed by atoms with Crippen LogP contribution in [0, 0.1) is 6.92 Å². The van der Waals surface area contributed by atoms with Crippen LogP contribution in [0.5, 0.6) is 5.75 Å². The van der Waals surface area contributed by atoms with Crippen molar-refractivity contribution in [2.45, 2.75) is 37.6 Å². The average molecular weight is 472 g/mol. The summed E-state index contributed by atoms with van der Waals surface area (Å²) in [6.07, 6.45) is -5.04. The number of ether oxygens (including phenoxy) is 1. The van der Waals surface area contributed by atoms with Crippen molar-refractivity contribution in [1.29, 1.82) is 0 Å². The Labute approximate surface area is 184 Å². The quantitative estimate of drug-likeness (QED) is 0.693. The molecule has 1 unspecified atom stereocenters. The molecule has 0 radical (unpaired) electrons. The van der Waals surface area contributed by atoms with Crippen LogP contribution in [0.4, 0.5) is 18.9 Å². The maximum Gasteiger partial charge on any atom is 0.573 e. The molecule has 2 aromatic rings. The Hall–Kier alpha value is -2.79. The first-order valence-electron chi connectivity index (χ1n) is 9.81. The molecule has 1 N–H and O–H groups in total. The summed E-state index contributed by atoms with van der Waals surface area (Å²) in [5.41, 5.74) is 1.79. The maximum absolute atomic E-state index is 13.1. The van der Waals surface area contributed by atoms with E-state index in [2.05, 4.69) is 4.74 Å². The van der Waals surface area contributed by atoms with E-state index in [0.29, 0.717) is 23.4 Å². The summed E-state index contributed by atoms with van der Waals surface area (Å²) >= 11 is 0. The number of sulfonamides is 1. The monoisotopic (exact) mass is 472 g/mol. The number of hydrogen-bond donors (Lipinski definition) is 1. The lowest BCUT2D eigenvalue weighted by molar-refractivity contribution is -0.274. The summed E-state index contributed by atoms with van der Waals surface area (Å²) in [6, 6.07) is 9.65. The third-order valence-corrected chi connectivity index (χ3v) is 7.15. The van der Waals surface area contributed by atoms with Gasteiger partial charge in [-0.1, -0.05) is 6.07 Å². The number of carbonyl (C=O) groups is 1. The number of carboxylic acids is 1. The van der Waals surface area contributed by atoms with Gasteiger partial charge in [-0.25, -0.2) is 8.42 Å². The fourth-order valence-electron chi connectivity index (χ4n) is 3.68. The Bertz CT molecular complexity index is 1090. The maximum atomic E-state index is 13.1. The summed E-state index contributed by atoms with van der Waals surface area (Å²) in [7, 11) is -3.83. The van der Waals surface area contributed by atoms with Crippen LogP contribution in [0.1, 0.15) is 18.1 Å². The molecule has 1 heterocycles.